The van der Waals surface area contributed by atoms with Crippen molar-refractivity contribution >= 4 is 17.7 Å². The van der Waals surface area contributed by atoms with E-state index in [4.69, 9.17) is 17.2 Å². The van der Waals surface area contributed by atoms with E-state index in [1.807, 2.05) is 30.3 Å². The molecule has 0 radical (unpaired) electrons. The number of rotatable bonds is 12. The van der Waals surface area contributed by atoms with Crippen LogP contribution in [0.25, 0.3) is 0 Å². The Kier molecular flexibility index (Phi) is 10.2. The SMILES string of the molecule is CC(C)C(NC(=O)C(Cc1ccccc1)NC(=O)C(N)CCCCN)C(N)=O. The minimum atomic E-state index is -0.865. The first-order valence-electron chi connectivity index (χ1n) is 9.65. The number of hydrogen-bond acceptors (Lipinski definition) is 5. The monoisotopic (exact) mass is 391 g/mol. The molecule has 8 heteroatoms. The van der Waals surface area contributed by atoms with Crippen molar-refractivity contribution in [1.29, 1.82) is 0 Å². The molecule has 3 unspecified atom stereocenters. The van der Waals surface area contributed by atoms with Crippen LogP contribution in [0.4, 0.5) is 0 Å². The second kappa shape index (κ2) is 12.1. The molecule has 3 atom stereocenters. The lowest BCUT2D eigenvalue weighted by Crippen LogP contribution is -2.57. The molecule has 0 bridgehead atoms. The Morgan fingerprint density at radius 2 is 1.64 bits per heavy atom. The Labute approximate surface area is 166 Å². The third-order valence-electron chi connectivity index (χ3n) is 4.49. The van der Waals surface area contributed by atoms with Gasteiger partial charge in [-0.2, -0.15) is 0 Å². The molecule has 28 heavy (non-hydrogen) atoms. The normalized spacial score (nSPS) is 14.2. The van der Waals surface area contributed by atoms with E-state index >= 15 is 0 Å². The molecular formula is C20H33N5O3. The van der Waals surface area contributed by atoms with Crippen molar-refractivity contribution in [2.24, 2.45) is 23.1 Å². The fourth-order valence-electron chi connectivity index (χ4n) is 2.80. The van der Waals surface area contributed by atoms with E-state index in [0.717, 1.165) is 18.4 Å². The molecule has 156 valence electrons. The van der Waals surface area contributed by atoms with Crippen molar-refractivity contribution in [2.45, 2.75) is 57.7 Å². The Bertz CT molecular complexity index is 636. The first kappa shape index (κ1) is 23.6. The smallest absolute Gasteiger partial charge is 0.243 e. The highest BCUT2D eigenvalue weighted by Gasteiger charge is 2.28. The summed E-state index contributed by atoms with van der Waals surface area (Å²) in [7, 11) is 0. The van der Waals surface area contributed by atoms with Crippen molar-refractivity contribution in [3.05, 3.63) is 35.9 Å². The van der Waals surface area contributed by atoms with Gasteiger partial charge in [-0.1, -0.05) is 50.6 Å². The van der Waals surface area contributed by atoms with Gasteiger partial charge in [0.15, 0.2) is 0 Å². The minimum absolute atomic E-state index is 0.173. The zero-order valence-corrected chi connectivity index (χ0v) is 16.7. The van der Waals surface area contributed by atoms with E-state index in [9.17, 15) is 14.4 Å². The van der Waals surface area contributed by atoms with Gasteiger partial charge in [-0.3, -0.25) is 14.4 Å². The van der Waals surface area contributed by atoms with Gasteiger partial charge in [0, 0.05) is 6.42 Å². The van der Waals surface area contributed by atoms with Crippen LogP contribution in [0.15, 0.2) is 30.3 Å². The number of unbranched alkanes of at least 4 members (excludes halogenated alkanes) is 1. The number of hydrogen-bond donors (Lipinski definition) is 5. The molecule has 0 saturated heterocycles. The summed E-state index contributed by atoms with van der Waals surface area (Å²) in [6.07, 6.45) is 2.28. The quantitative estimate of drug-likeness (QED) is 0.312. The number of amides is 3. The summed E-state index contributed by atoms with van der Waals surface area (Å²) < 4.78 is 0. The van der Waals surface area contributed by atoms with E-state index in [0.29, 0.717) is 13.0 Å². The lowest BCUT2D eigenvalue weighted by atomic mass is 10.0. The summed E-state index contributed by atoms with van der Waals surface area (Å²) in [5.74, 6) is -1.67. The number of nitrogens with one attached hydrogen (secondary N) is 2. The van der Waals surface area contributed by atoms with Crippen LogP contribution in [0.2, 0.25) is 0 Å². The van der Waals surface area contributed by atoms with Gasteiger partial charge in [0.25, 0.3) is 0 Å². The van der Waals surface area contributed by atoms with Crippen molar-refractivity contribution in [3.8, 4) is 0 Å². The summed E-state index contributed by atoms with van der Waals surface area (Å²) in [5.41, 5.74) is 17.7. The molecular weight excluding hydrogens is 358 g/mol. The zero-order chi connectivity index (χ0) is 21.1. The molecule has 0 aliphatic rings. The van der Waals surface area contributed by atoms with Crippen LogP contribution < -0.4 is 27.8 Å². The molecule has 0 spiro atoms. The maximum Gasteiger partial charge on any atom is 0.243 e. The molecule has 0 aliphatic heterocycles. The first-order valence-corrected chi connectivity index (χ1v) is 9.65. The summed E-state index contributed by atoms with van der Waals surface area (Å²) in [5, 5.41) is 5.36. The van der Waals surface area contributed by atoms with Crippen LogP contribution in [-0.4, -0.2) is 42.4 Å². The average Bonchev–Trinajstić information content (AvgIpc) is 2.65. The van der Waals surface area contributed by atoms with Crippen molar-refractivity contribution in [1.82, 2.24) is 10.6 Å². The van der Waals surface area contributed by atoms with Gasteiger partial charge in [-0.15, -0.1) is 0 Å². The summed E-state index contributed by atoms with van der Waals surface area (Å²) in [4.78, 5) is 36.9. The van der Waals surface area contributed by atoms with E-state index in [-0.39, 0.29) is 12.3 Å². The Morgan fingerprint density at radius 3 is 2.18 bits per heavy atom. The van der Waals surface area contributed by atoms with E-state index < -0.39 is 35.8 Å². The largest absolute Gasteiger partial charge is 0.368 e. The fourth-order valence-corrected chi connectivity index (χ4v) is 2.80. The summed E-state index contributed by atoms with van der Waals surface area (Å²) >= 11 is 0. The molecule has 8 nitrogen and oxygen atoms in total. The second-order valence-corrected chi connectivity index (χ2v) is 7.27. The van der Waals surface area contributed by atoms with Crippen LogP contribution in [0, 0.1) is 5.92 Å². The topological polar surface area (TPSA) is 153 Å². The van der Waals surface area contributed by atoms with Gasteiger partial charge in [0.1, 0.15) is 12.1 Å². The maximum atomic E-state index is 12.8. The number of primary amides is 1. The number of nitrogens with two attached hydrogens (primary N) is 3. The Hall–Kier alpha value is -2.45. The summed E-state index contributed by atoms with van der Waals surface area (Å²) in [6.45, 7) is 4.11. The molecule has 0 heterocycles. The van der Waals surface area contributed by atoms with Gasteiger partial charge < -0.3 is 27.8 Å². The predicted octanol–water partition coefficient (Wildman–Crippen LogP) is -0.204. The molecule has 0 fully saturated rings. The van der Waals surface area contributed by atoms with E-state index in [1.54, 1.807) is 13.8 Å². The fraction of sp³-hybridized carbons (Fsp3) is 0.550. The van der Waals surface area contributed by atoms with Gasteiger partial charge in [0.05, 0.1) is 6.04 Å². The number of benzene rings is 1. The minimum Gasteiger partial charge on any atom is -0.368 e. The van der Waals surface area contributed by atoms with Crippen molar-refractivity contribution in [3.63, 3.8) is 0 Å². The zero-order valence-electron chi connectivity index (χ0n) is 16.7. The highest BCUT2D eigenvalue weighted by molar-refractivity contribution is 5.92. The van der Waals surface area contributed by atoms with Crippen LogP contribution in [0.3, 0.4) is 0 Å². The Balaban J connectivity index is 2.87. The Morgan fingerprint density at radius 1 is 1.00 bits per heavy atom. The lowest BCUT2D eigenvalue weighted by molar-refractivity contribution is -0.132. The van der Waals surface area contributed by atoms with Crippen LogP contribution in [0.1, 0.15) is 38.7 Å². The van der Waals surface area contributed by atoms with Gasteiger partial charge >= 0.3 is 0 Å². The first-order chi connectivity index (χ1) is 13.3. The summed E-state index contributed by atoms with van der Waals surface area (Å²) in [6, 6.07) is 6.89. The molecule has 8 N–H and O–H groups in total. The van der Waals surface area contributed by atoms with E-state index in [1.165, 1.54) is 0 Å². The third kappa shape index (κ3) is 8.06. The molecule has 0 aromatic heterocycles. The van der Waals surface area contributed by atoms with Crippen LogP contribution in [-0.2, 0) is 20.8 Å². The standard InChI is InChI=1S/C20H33N5O3/c1-13(2)17(18(23)26)25-20(28)16(12-14-8-4-3-5-9-14)24-19(27)15(22)10-6-7-11-21/h3-5,8-9,13,15-17H,6-7,10-12,21-22H2,1-2H3,(H2,23,26)(H,24,27)(H,25,28). The number of carbonyl (C=O) groups excluding carboxylic acids is 3. The van der Waals surface area contributed by atoms with Gasteiger partial charge in [-0.05, 0) is 30.9 Å². The number of carbonyl (C=O) groups is 3. The van der Waals surface area contributed by atoms with Crippen LogP contribution in [0.5, 0.6) is 0 Å². The highest BCUT2D eigenvalue weighted by Crippen LogP contribution is 2.07. The average molecular weight is 392 g/mol. The van der Waals surface area contributed by atoms with E-state index in [2.05, 4.69) is 10.6 Å². The lowest BCUT2D eigenvalue weighted by Gasteiger charge is -2.25. The molecule has 0 saturated carbocycles. The van der Waals surface area contributed by atoms with Crippen LogP contribution >= 0.6 is 0 Å². The van der Waals surface area contributed by atoms with Crippen molar-refractivity contribution < 1.29 is 14.4 Å². The predicted molar refractivity (Wildman–Crippen MR) is 109 cm³/mol. The molecule has 1 rings (SSSR count). The van der Waals surface area contributed by atoms with Gasteiger partial charge in [0.2, 0.25) is 17.7 Å². The molecule has 0 aliphatic carbocycles. The second-order valence-electron chi connectivity index (χ2n) is 7.27. The molecule has 3 amide bonds. The molecule has 1 aromatic carbocycles. The van der Waals surface area contributed by atoms with Gasteiger partial charge in [-0.25, -0.2) is 0 Å². The highest BCUT2D eigenvalue weighted by atomic mass is 16.2. The van der Waals surface area contributed by atoms with Crippen molar-refractivity contribution in [2.75, 3.05) is 6.54 Å². The maximum absolute atomic E-state index is 12.8. The molecule has 1 aromatic rings. The third-order valence-corrected chi connectivity index (χ3v) is 4.49.